The van der Waals surface area contributed by atoms with Gasteiger partial charge in [-0.15, -0.1) is 11.8 Å². The van der Waals surface area contributed by atoms with E-state index in [9.17, 15) is 4.79 Å². The van der Waals surface area contributed by atoms with Crippen molar-refractivity contribution in [1.29, 1.82) is 0 Å². The predicted molar refractivity (Wildman–Crippen MR) is 125 cm³/mol. The third kappa shape index (κ3) is 5.19. The number of nitrogens with one attached hydrogen (secondary N) is 1. The number of aromatic nitrogens is 2. The number of rotatable bonds is 8. The minimum absolute atomic E-state index is 0.0297. The van der Waals surface area contributed by atoms with Gasteiger partial charge in [-0.25, -0.2) is 9.97 Å². The van der Waals surface area contributed by atoms with Crippen LogP contribution >= 0.6 is 11.8 Å². The SMILES string of the molecule is CNCCC(Oc1ccc(CN2CCN(C)c3ncncc3C2=O)cc1)C1C=CSC1. The molecule has 2 aliphatic rings. The van der Waals surface area contributed by atoms with Crippen LogP contribution in [0.2, 0.25) is 0 Å². The standard InChI is InChI=1S/C23H29N5O2S/c1-24-9-7-21(18-8-12-31-15-18)30-19-5-3-17(4-6-19)14-28-11-10-27(2)22-20(23(28)29)13-25-16-26-22/h3-6,8,12-13,16,18,21,24H,7,9-11,14-15H2,1-2H3. The molecule has 2 unspecified atom stereocenters. The van der Waals surface area contributed by atoms with Gasteiger partial charge in [-0.1, -0.05) is 18.2 Å². The summed E-state index contributed by atoms with van der Waals surface area (Å²) < 4.78 is 6.34. The summed E-state index contributed by atoms with van der Waals surface area (Å²) in [5, 5.41) is 5.39. The molecule has 31 heavy (non-hydrogen) atoms. The molecule has 0 aliphatic carbocycles. The Morgan fingerprint density at radius 2 is 2.13 bits per heavy atom. The summed E-state index contributed by atoms with van der Waals surface area (Å²) in [6, 6.07) is 8.12. The van der Waals surface area contributed by atoms with Gasteiger partial charge in [-0.3, -0.25) is 4.79 Å². The van der Waals surface area contributed by atoms with E-state index in [1.165, 1.54) is 6.33 Å². The first-order valence-electron chi connectivity index (χ1n) is 10.6. The number of carbonyl (C=O) groups is 1. The molecule has 1 aromatic heterocycles. The fourth-order valence-electron chi connectivity index (χ4n) is 3.90. The number of anilines is 1. The molecule has 8 heteroatoms. The van der Waals surface area contributed by atoms with Crippen molar-refractivity contribution in [2.24, 2.45) is 5.92 Å². The summed E-state index contributed by atoms with van der Waals surface area (Å²) >= 11 is 1.84. The van der Waals surface area contributed by atoms with Crippen molar-refractivity contribution in [3.05, 3.63) is 59.4 Å². The lowest BCUT2D eigenvalue weighted by Crippen LogP contribution is -2.33. The number of likely N-dealkylation sites (N-methyl/N-ethyl adjacent to an activating group) is 1. The van der Waals surface area contributed by atoms with E-state index in [1.54, 1.807) is 6.20 Å². The maximum atomic E-state index is 13.0. The summed E-state index contributed by atoms with van der Waals surface area (Å²) in [7, 11) is 3.93. The van der Waals surface area contributed by atoms with Gasteiger partial charge in [0.15, 0.2) is 0 Å². The highest BCUT2D eigenvalue weighted by atomic mass is 32.2. The maximum Gasteiger partial charge on any atom is 0.259 e. The Morgan fingerprint density at radius 1 is 1.29 bits per heavy atom. The van der Waals surface area contributed by atoms with Crippen LogP contribution in [-0.2, 0) is 6.54 Å². The van der Waals surface area contributed by atoms with Gasteiger partial charge in [0.25, 0.3) is 5.91 Å². The first kappa shape index (κ1) is 21.6. The van der Waals surface area contributed by atoms with Crippen LogP contribution in [0.5, 0.6) is 5.75 Å². The third-order valence-electron chi connectivity index (χ3n) is 5.73. The van der Waals surface area contributed by atoms with Crippen LogP contribution in [0.1, 0.15) is 22.3 Å². The fraction of sp³-hybridized carbons (Fsp3) is 0.435. The van der Waals surface area contributed by atoms with Crippen LogP contribution < -0.4 is 15.0 Å². The van der Waals surface area contributed by atoms with Crippen LogP contribution in [0, 0.1) is 5.92 Å². The van der Waals surface area contributed by atoms with E-state index in [-0.39, 0.29) is 12.0 Å². The molecule has 0 bridgehead atoms. The smallest absolute Gasteiger partial charge is 0.259 e. The average Bonchev–Trinajstić information content (AvgIpc) is 3.31. The van der Waals surface area contributed by atoms with Crippen LogP contribution in [0.3, 0.4) is 0 Å². The van der Waals surface area contributed by atoms with Crippen molar-refractivity contribution >= 4 is 23.5 Å². The van der Waals surface area contributed by atoms with E-state index >= 15 is 0 Å². The van der Waals surface area contributed by atoms with Crippen molar-refractivity contribution in [2.75, 3.05) is 44.4 Å². The molecule has 2 aromatic rings. The van der Waals surface area contributed by atoms with E-state index in [0.717, 1.165) is 36.6 Å². The molecule has 1 N–H and O–H groups in total. The summed E-state index contributed by atoms with van der Waals surface area (Å²) in [4.78, 5) is 25.2. The van der Waals surface area contributed by atoms with Crippen LogP contribution in [0.25, 0.3) is 0 Å². The molecule has 7 nitrogen and oxygen atoms in total. The molecule has 164 valence electrons. The van der Waals surface area contributed by atoms with Crippen molar-refractivity contribution in [2.45, 2.75) is 19.1 Å². The number of nitrogens with zero attached hydrogens (tertiary/aromatic N) is 4. The number of benzene rings is 1. The number of hydrogen-bond acceptors (Lipinski definition) is 7. The summed E-state index contributed by atoms with van der Waals surface area (Å²) in [5.74, 6) is 3.04. The second-order valence-corrected chi connectivity index (χ2v) is 8.87. The molecule has 0 spiro atoms. The molecule has 2 aliphatic heterocycles. The fourth-order valence-corrected chi connectivity index (χ4v) is 4.88. The minimum Gasteiger partial charge on any atom is -0.490 e. The zero-order chi connectivity index (χ0) is 21.6. The molecule has 2 atom stereocenters. The van der Waals surface area contributed by atoms with E-state index in [0.29, 0.717) is 30.4 Å². The number of hydrogen-bond donors (Lipinski definition) is 1. The van der Waals surface area contributed by atoms with E-state index < -0.39 is 0 Å². The molecule has 4 rings (SSSR count). The number of carbonyl (C=O) groups excluding carboxylic acids is 1. The van der Waals surface area contributed by atoms with E-state index in [1.807, 2.05) is 59.9 Å². The summed E-state index contributed by atoms with van der Waals surface area (Å²) in [6.07, 6.45) is 6.47. The lowest BCUT2D eigenvalue weighted by molar-refractivity contribution is 0.0754. The number of amides is 1. The first-order chi connectivity index (χ1) is 15.2. The highest BCUT2D eigenvalue weighted by Gasteiger charge is 2.26. The maximum absolute atomic E-state index is 13.0. The Balaban J connectivity index is 1.42. The van der Waals surface area contributed by atoms with E-state index in [2.05, 4.69) is 26.8 Å². The molecular formula is C23H29N5O2S. The lowest BCUT2D eigenvalue weighted by atomic mass is 10.0. The van der Waals surface area contributed by atoms with Crippen molar-refractivity contribution in [1.82, 2.24) is 20.2 Å². The van der Waals surface area contributed by atoms with Crippen molar-refractivity contribution < 1.29 is 9.53 Å². The highest BCUT2D eigenvalue weighted by Crippen LogP contribution is 2.28. The second kappa shape index (κ2) is 10.2. The Kier molecular flexibility index (Phi) is 7.09. The number of ether oxygens (including phenoxy) is 1. The Labute approximate surface area is 187 Å². The number of fused-ring (bicyclic) bond motifs is 1. The minimum atomic E-state index is -0.0297. The Hall–Kier alpha value is -2.58. The molecule has 0 saturated heterocycles. The van der Waals surface area contributed by atoms with Gasteiger partial charge in [0.2, 0.25) is 0 Å². The van der Waals surface area contributed by atoms with Crippen LogP contribution in [0.4, 0.5) is 5.82 Å². The quantitative estimate of drug-likeness (QED) is 0.678. The van der Waals surface area contributed by atoms with Gasteiger partial charge < -0.3 is 19.9 Å². The van der Waals surface area contributed by atoms with Crippen molar-refractivity contribution in [3.8, 4) is 5.75 Å². The zero-order valence-electron chi connectivity index (χ0n) is 18.0. The average molecular weight is 440 g/mol. The predicted octanol–water partition coefficient (Wildman–Crippen LogP) is 2.80. The monoisotopic (exact) mass is 439 g/mol. The highest BCUT2D eigenvalue weighted by molar-refractivity contribution is 8.02. The Bertz CT molecular complexity index is 920. The largest absolute Gasteiger partial charge is 0.490 e. The molecule has 1 amide bonds. The molecule has 1 aromatic carbocycles. The topological polar surface area (TPSA) is 70.6 Å². The van der Waals surface area contributed by atoms with Gasteiger partial charge in [0.1, 0.15) is 29.6 Å². The molecule has 0 radical (unpaired) electrons. The van der Waals surface area contributed by atoms with Gasteiger partial charge in [-0.05, 0) is 43.1 Å². The van der Waals surface area contributed by atoms with Gasteiger partial charge in [0.05, 0.1) is 0 Å². The van der Waals surface area contributed by atoms with Gasteiger partial charge in [0, 0.05) is 44.5 Å². The zero-order valence-corrected chi connectivity index (χ0v) is 18.8. The third-order valence-corrected chi connectivity index (χ3v) is 6.65. The summed E-state index contributed by atoms with van der Waals surface area (Å²) in [5.41, 5.74) is 1.63. The normalized spacial score (nSPS) is 19.3. The molecular weight excluding hydrogens is 410 g/mol. The second-order valence-electron chi connectivity index (χ2n) is 7.93. The van der Waals surface area contributed by atoms with Gasteiger partial charge in [-0.2, -0.15) is 0 Å². The Morgan fingerprint density at radius 3 is 2.87 bits per heavy atom. The van der Waals surface area contributed by atoms with E-state index in [4.69, 9.17) is 4.74 Å². The van der Waals surface area contributed by atoms with Crippen LogP contribution in [-0.4, -0.2) is 66.4 Å². The van der Waals surface area contributed by atoms with Crippen LogP contribution in [0.15, 0.2) is 48.3 Å². The van der Waals surface area contributed by atoms with Crippen molar-refractivity contribution in [3.63, 3.8) is 0 Å². The molecule has 0 fully saturated rings. The summed E-state index contributed by atoms with van der Waals surface area (Å²) in [6.45, 7) is 2.85. The molecule has 0 saturated carbocycles. The lowest BCUT2D eigenvalue weighted by Gasteiger charge is -2.24. The van der Waals surface area contributed by atoms with Gasteiger partial charge >= 0.3 is 0 Å². The first-order valence-corrected chi connectivity index (χ1v) is 11.7. The molecule has 3 heterocycles. The number of thioether (sulfide) groups is 1.